The molecule has 0 aliphatic carbocycles. The fourth-order valence-electron chi connectivity index (χ4n) is 2.09. The van der Waals surface area contributed by atoms with Gasteiger partial charge in [-0.05, 0) is 48.4 Å². The Morgan fingerprint density at radius 2 is 1.84 bits per heavy atom. The van der Waals surface area contributed by atoms with E-state index >= 15 is 0 Å². The SMILES string of the molecule is NCC(Cc1cc(Br)ccc1F)c1ccccc1Br. The summed E-state index contributed by atoms with van der Waals surface area (Å²) in [5, 5.41) is 0. The molecule has 0 aromatic heterocycles. The first-order valence-electron chi connectivity index (χ1n) is 6.00. The number of hydrogen-bond donors (Lipinski definition) is 1. The van der Waals surface area contributed by atoms with Gasteiger partial charge in [-0.15, -0.1) is 0 Å². The Labute approximate surface area is 129 Å². The van der Waals surface area contributed by atoms with Crippen LogP contribution < -0.4 is 5.73 Å². The molecule has 100 valence electrons. The van der Waals surface area contributed by atoms with Gasteiger partial charge in [0, 0.05) is 14.9 Å². The van der Waals surface area contributed by atoms with Crippen molar-refractivity contribution < 1.29 is 4.39 Å². The molecule has 0 heterocycles. The molecule has 0 amide bonds. The molecule has 0 fully saturated rings. The Hall–Kier alpha value is -0.710. The van der Waals surface area contributed by atoms with E-state index in [0.29, 0.717) is 18.5 Å². The van der Waals surface area contributed by atoms with E-state index in [1.165, 1.54) is 6.07 Å². The highest BCUT2D eigenvalue weighted by molar-refractivity contribution is 9.10. The maximum Gasteiger partial charge on any atom is 0.126 e. The highest BCUT2D eigenvalue weighted by Crippen LogP contribution is 2.28. The molecular formula is C15H14Br2FN. The van der Waals surface area contributed by atoms with Crippen LogP contribution in [-0.2, 0) is 6.42 Å². The smallest absolute Gasteiger partial charge is 0.126 e. The van der Waals surface area contributed by atoms with Crippen LogP contribution in [-0.4, -0.2) is 6.54 Å². The quantitative estimate of drug-likeness (QED) is 0.813. The summed E-state index contributed by atoms with van der Waals surface area (Å²) in [5.74, 6) is -0.0897. The summed E-state index contributed by atoms with van der Waals surface area (Å²) in [7, 11) is 0. The molecular weight excluding hydrogens is 373 g/mol. The summed E-state index contributed by atoms with van der Waals surface area (Å²) in [6, 6.07) is 12.9. The average Bonchev–Trinajstić information content (AvgIpc) is 2.41. The molecule has 2 aromatic rings. The molecule has 0 saturated carbocycles. The molecule has 0 aliphatic rings. The molecule has 1 unspecified atom stereocenters. The van der Waals surface area contributed by atoms with E-state index in [-0.39, 0.29) is 11.7 Å². The first kappa shape index (κ1) is 14.7. The Balaban J connectivity index is 2.29. The van der Waals surface area contributed by atoms with Crippen LogP contribution in [0.1, 0.15) is 17.0 Å². The van der Waals surface area contributed by atoms with Crippen LogP contribution in [0.15, 0.2) is 51.4 Å². The van der Waals surface area contributed by atoms with Crippen molar-refractivity contribution in [3.05, 3.63) is 68.4 Å². The van der Waals surface area contributed by atoms with Gasteiger partial charge >= 0.3 is 0 Å². The molecule has 0 aliphatic heterocycles. The Morgan fingerprint density at radius 3 is 2.53 bits per heavy atom. The highest BCUT2D eigenvalue weighted by Gasteiger charge is 2.15. The summed E-state index contributed by atoms with van der Waals surface area (Å²) in [4.78, 5) is 0. The third kappa shape index (κ3) is 3.65. The second-order valence-corrected chi connectivity index (χ2v) is 6.16. The molecule has 1 nitrogen and oxygen atoms in total. The van der Waals surface area contributed by atoms with Gasteiger partial charge in [-0.1, -0.05) is 50.1 Å². The van der Waals surface area contributed by atoms with Crippen molar-refractivity contribution in [2.24, 2.45) is 5.73 Å². The number of nitrogens with two attached hydrogens (primary N) is 1. The van der Waals surface area contributed by atoms with Crippen molar-refractivity contribution in [3.8, 4) is 0 Å². The standard InChI is InChI=1S/C15H14Br2FN/c16-12-5-6-15(18)10(8-12)7-11(9-19)13-3-1-2-4-14(13)17/h1-6,8,11H,7,9,19H2. The lowest BCUT2D eigenvalue weighted by Crippen LogP contribution is -2.16. The number of rotatable bonds is 4. The average molecular weight is 387 g/mol. The maximum atomic E-state index is 13.8. The fourth-order valence-corrected chi connectivity index (χ4v) is 3.11. The van der Waals surface area contributed by atoms with Gasteiger partial charge in [0.05, 0.1) is 0 Å². The third-order valence-corrected chi connectivity index (χ3v) is 4.32. The molecule has 0 radical (unpaired) electrons. The van der Waals surface area contributed by atoms with Gasteiger partial charge < -0.3 is 5.73 Å². The van der Waals surface area contributed by atoms with Gasteiger partial charge in [-0.2, -0.15) is 0 Å². The van der Waals surface area contributed by atoms with Gasteiger partial charge in [0.2, 0.25) is 0 Å². The minimum atomic E-state index is -0.186. The van der Waals surface area contributed by atoms with Crippen molar-refractivity contribution in [3.63, 3.8) is 0 Å². The number of halogens is 3. The molecule has 2 rings (SSSR count). The lowest BCUT2D eigenvalue weighted by Gasteiger charge is -2.17. The van der Waals surface area contributed by atoms with Crippen LogP contribution in [0.2, 0.25) is 0 Å². The minimum Gasteiger partial charge on any atom is -0.330 e. The topological polar surface area (TPSA) is 26.0 Å². The van der Waals surface area contributed by atoms with Crippen LogP contribution in [0, 0.1) is 5.82 Å². The largest absolute Gasteiger partial charge is 0.330 e. The number of benzene rings is 2. The van der Waals surface area contributed by atoms with Gasteiger partial charge in [0.25, 0.3) is 0 Å². The van der Waals surface area contributed by atoms with E-state index in [4.69, 9.17) is 5.73 Å². The van der Waals surface area contributed by atoms with Crippen LogP contribution in [0.3, 0.4) is 0 Å². The van der Waals surface area contributed by atoms with Crippen molar-refractivity contribution in [2.45, 2.75) is 12.3 Å². The lowest BCUT2D eigenvalue weighted by molar-refractivity contribution is 0.589. The second-order valence-electron chi connectivity index (χ2n) is 4.39. The lowest BCUT2D eigenvalue weighted by atomic mass is 9.92. The van der Waals surface area contributed by atoms with Gasteiger partial charge in [-0.25, -0.2) is 4.39 Å². The Bertz CT molecular complexity index is 572. The fraction of sp³-hybridized carbons (Fsp3) is 0.200. The molecule has 1 atom stereocenters. The molecule has 0 saturated heterocycles. The summed E-state index contributed by atoms with van der Waals surface area (Å²) in [6.45, 7) is 0.481. The summed E-state index contributed by atoms with van der Waals surface area (Å²) in [6.07, 6.45) is 0.588. The van der Waals surface area contributed by atoms with E-state index in [2.05, 4.69) is 31.9 Å². The molecule has 0 spiro atoms. The maximum absolute atomic E-state index is 13.8. The van der Waals surface area contributed by atoms with Crippen molar-refractivity contribution in [1.29, 1.82) is 0 Å². The van der Waals surface area contributed by atoms with Crippen molar-refractivity contribution in [1.82, 2.24) is 0 Å². The van der Waals surface area contributed by atoms with Gasteiger partial charge in [0.15, 0.2) is 0 Å². The summed E-state index contributed by atoms with van der Waals surface area (Å²) in [5.41, 5.74) is 7.65. The first-order valence-corrected chi connectivity index (χ1v) is 7.59. The van der Waals surface area contributed by atoms with Crippen LogP contribution in [0.25, 0.3) is 0 Å². The third-order valence-electron chi connectivity index (χ3n) is 3.10. The number of hydrogen-bond acceptors (Lipinski definition) is 1. The monoisotopic (exact) mass is 385 g/mol. The summed E-state index contributed by atoms with van der Waals surface area (Å²) >= 11 is 6.90. The molecule has 2 aromatic carbocycles. The van der Waals surface area contributed by atoms with Gasteiger partial charge in [0.1, 0.15) is 5.82 Å². The van der Waals surface area contributed by atoms with Crippen LogP contribution in [0.5, 0.6) is 0 Å². The highest BCUT2D eigenvalue weighted by atomic mass is 79.9. The first-order chi connectivity index (χ1) is 9.11. The molecule has 2 N–H and O–H groups in total. The molecule has 19 heavy (non-hydrogen) atoms. The minimum absolute atomic E-state index is 0.0966. The zero-order valence-electron chi connectivity index (χ0n) is 10.2. The Kier molecular flexibility index (Phi) is 5.13. The predicted molar refractivity (Wildman–Crippen MR) is 83.7 cm³/mol. The van der Waals surface area contributed by atoms with E-state index in [1.807, 2.05) is 30.3 Å². The summed E-state index contributed by atoms with van der Waals surface area (Å²) < 4.78 is 15.7. The molecule has 4 heteroatoms. The Morgan fingerprint density at radius 1 is 1.11 bits per heavy atom. The molecule has 0 bridgehead atoms. The van der Waals surface area contributed by atoms with E-state index in [0.717, 1.165) is 14.5 Å². The zero-order chi connectivity index (χ0) is 13.8. The van der Waals surface area contributed by atoms with Gasteiger partial charge in [-0.3, -0.25) is 0 Å². The predicted octanol–water partition coefficient (Wildman–Crippen LogP) is 4.64. The van der Waals surface area contributed by atoms with Crippen LogP contribution in [0.4, 0.5) is 4.39 Å². The van der Waals surface area contributed by atoms with Crippen molar-refractivity contribution >= 4 is 31.9 Å². The van der Waals surface area contributed by atoms with Crippen LogP contribution >= 0.6 is 31.9 Å². The van der Waals surface area contributed by atoms with E-state index in [1.54, 1.807) is 6.07 Å². The van der Waals surface area contributed by atoms with Crippen molar-refractivity contribution in [2.75, 3.05) is 6.54 Å². The second kappa shape index (κ2) is 6.64. The van der Waals surface area contributed by atoms with E-state index in [9.17, 15) is 4.39 Å². The normalized spacial score (nSPS) is 12.4. The van der Waals surface area contributed by atoms with E-state index < -0.39 is 0 Å². The zero-order valence-corrected chi connectivity index (χ0v) is 13.4.